The van der Waals surface area contributed by atoms with E-state index in [9.17, 15) is 0 Å². The molecule has 0 fully saturated rings. The molecule has 0 heterocycles. The van der Waals surface area contributed by atoms with E-state index in [1.165, 1.54) is 54.9 Å². The first-order chi connectivity index (χ1) is 19.9. The number of hydrogen-bond acceptors (Lipinski definition) is 0. The van der Waals surface area contributed by atoms with Gasteiger partial charge in [-0.2, -0.15) is 23.8 Å². The molecular weight excluding hydrogens is 600 g/mol. The van der Waals surface area contributed by atoms with Crippen molar-refractivity contribution in [2.75, 3.05) is 0 Å². The molecule has 0 aliphatic heterocycles. The molecule has 6 rings (SSSR count). The van der Waals surface area contributed by atoms with Crippen molar-refractivity contribution in [2.24, 2.45) is 0 Å². The molecule has 0 amide bonds. The monoisotopic (exact) mass is 642 g/mol. The van der Waals surface area contributed by atoms with Crippen LogP contribution in [-0.4, -0.2) is 5.43 Å². The van der Waals surface area contributed by atoms with E-state index in [0.29, 0.717) is 0 Å². The molecule has 42 heavy (non-hydrogen) atoms. The third-order valence-corrected chi connectivity index (χ3v) is 13.9. The third-order valence-electron chi connectivity index (χ3n) is 7.79. The van der Waals surface area contributed by atoms with Gasteiger partial charge in [-0.05, 0) is 35.4 Å². The molecule has 0 nitrogen and oxygen atoms in total. The number of benzene rings is 4. The first-order valence-corrected chi connectivity index (χ1v) is 20.2. The van der Waals surface area contributed by atoms with Gasteiger partial charge < -0.3 is 0 Å². The Morgan fingerprint density at radius 3 is 1.71 bits per heavy atom. The van der Waals surface area contributed by atoms with Gasteiger partial charge >= 0.3 is 99.8 Å². The number of allylic oxidation sites excluding steroid dienone is 4. The molecule has 0 spiro atoms. The summed E-state index contributed by atoms with van der Waals surface area (Å²) in [5.41, 5.74) is 11.2. The van der Waals surface area contributed by atoms with Crippen LogP contribution in [0.2, 0.25) is 0 Å². The summed E-state index contributed by atoms with van der Waals surface area (Å²) in [7, 11) is 0. The van der Waals surface area contributed by atoms with Crippen molar-refractivity contribution in [2.45, 2.75) is 79.1 Å². The predicted octanol–water partition coefficient (Wildman–Crippen LogP) is 8.91. The molecule has 4 aromatic carbocycles. The minimum absolute atomic E-state index is 0.163. The van der Waals surface area contributed by atoms with E-state index in [2.05, 4.69) is 152 Å². The Morgan fingerprint density at radius 1 is 0.714 bits per heavy atom. The van der Waals surface area contributed by atoms with Crippen LogP contribution in [-0.2, 0) is 40.6 Å². The predicted molar refractivity (Wildman–Crippen MR) is 180 cm³/mol. The second kappa shape index (κ2) is 13.8. The van der Waals surface area contributed by atoms with Gasteiger partial charge in [0.1, 0.15) is 0 Å². The van der Waals surface area contributed by atoms with Crippen LogP contribution in [0.5, 0.6) is 0 Å². The molecule has 0 unspecified atom stereocenters. The van der Waals surface area contributed by atoms with Crippen molar-refractivity contribution < 1.29 is 23.3 Å². The van der Waals surface area contributed by atoms with E-state index in [1.54, 1.807) is 23.3 Å². The fourth-order valence-electron chi connectivity index (χ4n) is 5.74. The fraction of sp³-hybridized carbons (Fsp3) is 0.300. The van der Waals surface area contributed by atoms with E-state index in [-0.39, 0.29) is 10.8 Å². The van der Waals surface area contributed by atoms with Crippen LogP contribution < -0.4 is 10.4 Å². The number of fused-ring (bicyclic) bond motifs is 3. The van der Waals surface area contributed by atoms with Gasteiger partial charge in [0.25, 0.3) is 0 Å². The van der Waals surface area contributed by atoms with E-state index in [1.807, 2.05) is 12.2 Å². The molecule has 0 radical (unpaired) electrons. The molecule has 0 aromatic heterocycles. The van der Waals surface area contributed by atoms with Crippen molar-refractivity contribution in [1.29, 1.82) is 0 Å². The molecule has 2 heteroatoms. The summed E-state index contributed by atoms with van der Waals surface area (Å²) >= 11 is 1.64. The van der Waals surface area contributed by atoms with E-state index in [0.717, 1.165) is 12.8 Å². The standard InChI is InChI=1S/C23H29.C12H10Si.C5H5.Zr/c1-14-9-16-11-17-10-15(2)21(23(6,7)8)13-19(17)18(16)12-20(14)22(3,4)5;1-3-7-11(8-4-1)13-12-9-5-2-6-10-12;1-2-4-5-3-1;/h9,12-13H,11H2,1-8H3;1-10H;1-3H,4H2;/q-1;;-1;+2. The Balaban J connectivity index is 0.000000179. The van der Waals surface area contributed by atoms with Crippen molar-refractivity contribution >= 4 is 15.8 Å². The molecule has 2 aliphatic carbocycles. The average molecular weight is 644 g/mol. The Morgan fingerprint density at radius 2 is 1.26 bits per heavy atom. The molecule has 2 aliphatic rings. The zero-order chi connectivity index (χ0) is 30.5. The maximum atomic E-state index is 3.69. The molecule has 0 atom stereocenters. The zero-order valence-electron chi connectivity index (χ0n) is 26.7. The number of hydrogen-bond donors (Lipinski definition) is 0. The van der Waals surface area contributed by atoms with Gasteiger partial charge in [0, 0.05) is 0 Å². The van der Waals surface area contributed by atoms with Crippen LogP contribution in [0.25, 0.3) is 11.1 Å². The summed E-state index contributed by atoms with van der Waals surface area (Å²) in [5, 5.41) is 3.03. The van der Waals surface area contributed by atoms with E-state index < -0.39 is 5.43 Å². The fourth-order valence-corrected chi connectivity index (χ4v) is 9.58. The Hall–Kier alpha value is -2.54. The second-order valence-corrected chi connectivity index (χ2v) is 18.9. The summed E-state index contributed by atoms with van der Waals surface area (Å²) in [5.74, 6) is 0. The minimum atomic E-state index is -0.455. The van der Waals surface area contributed by atoms with E-state index >= 15 is 0 Å². The number of rotatable bonds is 2. The molecule has 0 bridgehead atoms. The van der Waals surface area contributed by atoms with Crippen molar-refractivity contribution in [3.8, 4) is 11.1 Å². The van der Waals surface area contributed by atoms with Crippen LogP contribution in [0.15, 0.2) is 97.1 Å². The second-order valence-electron chi connectivity index (χ2n) is 13.3. The maximum absolute atomic E-state index is 3.69. The van der Waals surface area contributed by atoms with Gasteiger partial charge in [-0.15, -0.1) is 23.1 Å². The SMILES string of the molecule is Cc1[c-]c2c(cc1C(C)(C)C)-c1cc(C(C)(C)C)c(C)cc1C2.[C-]1=CC=CC1.[Zr+2]=[Si](c1ccccc1)c1ccccc1. The molecule has 0 saturated carbocycles. The van der Waals surface area contributed by atoms with Gasteiger partial charge in [0.15, 0.2) is 0 Å². The van der Waals surface area contributed by atoms with Crippen LogP contribution >= 0.6 is 0 Å². The van der Waals surface area contributed by atoms with Crippen LogP contribution in [0.3, 0.4) is 0 Å². The van der Waals surface area contributed by atoms with Crippen molar-refractivity contribution in [1.82, 2.24) is 0 Å². The quantitative estimate of drug-likeness (QED) is 0.133. The first kappa shape index (κ1) is 32.4. The summed E-state index contributed by atoms with van der Waals surface area (Å²) in [6.07, 6.45) is 11.0. The van der Waals surface area contributed by atoms with Crippen molar-refractivity contribution in [3.63, 3.8) is 0 Å². The Labute approximate surface area is 270 Å². The summed E-state index contributed by atoms with van der Waals surface area (Å²) < 4.78 is 0. The molecule has 4 aromatic rings. The summed E-state index contributed by atoms with van der Waals surface area (Å²) in [6.45, 7) is 18.2. The molecule has 0 saturated heterocycles. The summed E-state index contributed by atoms with van der Waals surface area (Å²) in [4.78, 5) is 0. The zero-order valence-corrected chi connectivity index (χ0v) is 30.1. The van der Waals surface area contributed by atoms with Gasteiger partial charge in [0.2, 0.25) is 0 Å². The van der Waals surface area contributed by atoms with Gasteiger partial charge in [-0.25, -0.2) is 12.2 Å². The third kappa shape index (κ3) is 8.09. The Kier molecular flexibility index (Phi) is 10.7. The Bertz CT molecular complexity index is 1470. The van der Waals surface area contributed by atoms with Gasteiger partial charge in [0.05, 0.1) is 0 Å². The molecular formula is C40H44SiZr. The van der Waals surface area contributed by atoms with E-state index in [4.69, 9.17) is 0 Å². The van der Waals surface area contributed by atoms with Gasteiger partial charge in [-0.3, -0.25) is 6.08 Å². The average Bonchev–Trinajstić information content (AvgIpc) is 3.63. The molecule has 0 N–H and O–H groups in total. The molecule has 212 valence electrons. The van der Waals surface area contributed by atoms with Gasteiger partial charge in [-0.1, -0.05) is 71.6 Å². The number of aryl methyl sites for hydroxylation is 2. The first-order valence-electron chi connectivity index (χ1n) is 15.0. The summed E-state index contributed by atoms with van der Waals surface area (Å²) in [6, 6.07) is 32.6. The van der Waals surface area contributed by atoms with Crippen LogP contribution in [0, 0.1) is 26.0 Å². The normalized spacial score (nSPS) is 13.0. The van der Waals surface area contributed by atoms with Crippen molar-refractivity contribution in [3.05, 3.63) is 143 Å². The topological polar surface area (TPSA) is 0 Å². The van der Waals surface area contributed by atoms with Crippen LogP contribution in [0.4, 0.5) is 0 Å². The van der Waals surface area contributed by atoms with Crippen LogP contribution in [0.1, 0.15) is 81.3 Å².